The number of amides is 2. The Hall–Kier alpha value is -2.90. The summed E-state index contributed by atoms with van der Waals surface area (Å²) >= 11 is 0. The van der Waals surface area contributed by atoms with Gasteiger partial charge in [-0.05, 0) is 50.8 Å². The van der Waals surface area contributed by atoms with Gasteiger partial charge in [0.05, 0.1) is 12.2 Å². The molecular formula is C20H26N4O4. The number of hydrogen-bond donors (Lipinski definition) is 3. The van der Waals surface area contributed by atoms with E-state index < -0.39 is 11.5 Å². The molecule has 3 heterocycles. The highest BCUT2D eigenvalue weighted by molar-refractivity contribution is 5.80. The first kappa shape index (κ1) is 19.9. The highest BCUT2D eigenvalue weighted by Crippen LogP contribution is 2.30. The van der Waals surface area contributed by atoms with Crippen LogP contribution >= 0.6 is 0 Å². The van der Waals surface area contributed by atoms with Gasteiger partial charge in [0.25, 0.3) is 0 Å². The second-order valence-corrected chi connectivity index (χ2v) is 7.63. The van der Waals surface area contributed by atoms with E-state index in [0.29, 0.717) is 32.2 Å². The van der Waals surface area contributed by atoms with E-state index >= 15 is 0 Å². The molecule has 2 amide bonds. The Bertz CT molecular complexity index is 920. The van der Waals surface area contributed by atoms with Gasteiger partial charge in [0.2, 0.25) is 11.8 Å². The Balaban J connectivity index is 1.55. The number of aryl methyl sites for hydroxylation is 2. The summed E-state index contributed by atoms with van der Waals surface area (Å²) in [6, 6.07) is 4.07. The third-order valence-electron chi connectivity index (χ3n) is 5.31. The minimum absolute atomic E-state index is 0.0259. The largest absolute Gasteiger partial charge is 0.481 e. The van der Waals surface area contributed by atoms with Crippen molar-refractivity contribution in [1.82, 2.24) is 20.0 Å². The number of fused-ring (bicyclic) bond motifs is 1. The zero-order valence-corrected chi connectivity index (χ0v) is 16.2. The normalized spacial score (nSPS) is 19.0. The van der Waals surface area contributed by atoms with Gasteiger partial charge in [0.15, 0.2) is 0 Å². The zero-order chi connectivity index (χ0) is 20.3. The molecule has 0 aromatic carbocycles. The molecule has 150 valence electrons. The summed E-state index contributed by atoms with van der Waals surface area (Å²) in [5.41, 5.74) is 3.25. The summed E-state index contributed by atoms with van der Waals surface area (Å²) in [7, 11) is 0. The average Bonchev–Trinajstić information content (AvgIpc) is 3.20. The van der Waals surface area contributed by atoms with Crippen molar-refractivity contribution in [3.63, 3.8) is 0 Å². The van der Waals surface area contributed by atoms with Crippen LogP contribution in [0, 0.1) is 13.8 Å². The van der Waals surface area contributed by atoms with Crippen LogP contribution in [0.1, 0.15) is 55.5 Å². The maximum atomic E-state index is 12.3. The van der Waals surface area contributed by atoms with Gasteiger partial charge in [0, 0.05) is 36.7 Å². The summed E-state index contributed by atoms with van der Waals surface area (Å²) in [5.74, 6) is -1.12. The van der Waals surface area contributed by atoms with Crippen molar-refractivity contribution in [2.24, 2.45) is 0 Å². The van der Waals surface area contributed by atoms with Gasteiger partial charge in [-0.15, -0.1) is 0 Å². The van der Waals surface area contributed by atoms with E-state index in [1.807, 2.05) is 30.5 Å². The quantitative estimate of drug-likeness (QED) is 0.641. The number of pyridine rings is 1. The van der Waals surface area contributed by atoms with Crippen molar-refractivity contribution in [1.29, 1.82) is 0 Å². The first-order chi connectivity index (χ1) is 13.3. The molecular weight excluding hydrogens is 360 g/mol. The molecule has 1 saturated heterocycles. The molecule has 2 aromatic heterocycles. The Kier molecular flexibility index (Phi) is 5.67. The van der Waals surface area contributed by atoms with Crippen molar-refractivity contribution in [2.75, 3.05) is 0 Å². The molecule has 3 rings (SSSR count). The van der Waals surface area contributed by atoms with Gasteiger partial charge in [0.1, 0.15) is 5.65 Å². The molecule has 0 aliphatic carbocycles. The molecule has 0 spiro atoms. The molecule has 3 N–H and O–H groups in total. The summed E-state index contributed by atoms with van der Waals surface area (Å²) in [5, 5.41) is 14.7. The van der Waals surface area contributed by atoms with Crippen molar-refractivity contribution in [3.05, 3.63) is 35.3 Å². The lowest BCUT2D eigenvalue weighted by Crippen LogP contribution is -2.43. The highest BCUT2D eigenvalue weighted by atomic mass is 16.4. The lowest BCUT2D eigenvalue weighted by Gasteiger charge is -2.28. The van der Waals surface area contributed by atoms with Crippen LogP contribution in [0.2, 0.25) is 0 Å². The molecule has 1 atom stereocenters. The molecule has 2 aromatic rings. The van der Waals surface area contributed by atoms with Crippen LogP contribution in [-0.2, 0) is 20.9 Å². The minimum atomic E-state index is -0.901. The lowest BCUT2D eigenvalue weighted by atomic mass is 9.86. The number of aliphatic carboxylic acids is 1. The molecule has 8 heteroatoms. The number of nitrogens with zero attached hydrogens (tertiary/aromatic N) is 2. The van der Waals surface area contributed by atoms with Gasteiger partial charge in [-0.25, -0.2) is 4.98 Å². The Labute approximate surface area is 163 Å². The standard InChI is InChI=1S/C20H26N4O4/c1-13-9-14(2)24-12-15(22-16(24)10-13)11-21-17(25)3-6-20(8-5-19(27)28)7-4-18(26)23-20/h9-10,12H,3-8,11H2,1-2H3,(H,21,25)(H,23,26)(H,27,28). The van der Waals surface area contributed by atoms with Gasteiger partial charge in [-0.2, -0.15) is 0 Å². The van der Waals surface area contributed by atoms with Crippen LogP contribution in [0.25, 0.3) is 5.65 Å². The van der Waals surface area contributed by atoms with E-state index in [0.717, 1.165) is 22.6 Å². The van der Waals surface area contributed by atoms with Crippen LogP contribution in [0.4, 0.5) is 0 Å². The van der Waals surface area contributed by atoms with E-state index in [-0.39, 0.29) is 24.7 Å². The first-order valence-corrected chi connectivity index (χ1v) is 9.51. The van der Waals surface area contributed by atoms with Crippen LogP contribution in [-0.4, -0.2) is 37.8 Å². The smallest absolute Gasteiger partial charge is 0.303 e. The molecule has 1 unspecified atom stereocenters. The molecule has 1 aliphatic heterocycles. The highest BCUT2D eigenvalue weighted by Gasteiger charge is 2.37. The van der Waals surface area contributed by atoms with Crippen LogP contribution in [0.15, 0.2) is 18.3 Å². The average molecular weight is 386 g/mol. The number of aromatic nitrogens is 2. The van der Waals surface area contributed by atoms with Crippen LogP contribution in [0.3, 0.4) is 0 Å². The van der Waals surface area contributed by atoms with Gasteiger partial charge in [-0.1, -0.05) is 0 Å². The minimum Gasteiger partial charge on any atom is -0.481 e. The number of carbonyl (C=O) groups is 3. The van der Waals surface area contributed by atoms with Crippen molar-refractivity contribution < 1.29 is 19.5 Å². The van der Waals surface area contributed by atoms with Gasteiger partial charge < -0.3 is 20.1 Å². The summed E-state index contributed by atoms with van der Waals surface area (Å²) < 4.78 is 1.99. The number of rotatable bonds is 8. The molecule has 0 radical (unpaired) electrons. The van der Waals surface area contributed by atoms with Gasteiger partial charge in [-0.3, -0.25) is 14.4 Å². The van der Waals surface area contributed by atoms with E-state index in [9.17, 15) is 14.4 Å². The number of carbonyl (C=O) groups excluding carboxylic acids is 2. The van der Waals surface area contributed by atoms with E-state index in [1.54, 1.807) is 0 Å². The fraction of sp³-hybridized carbons (Fsp3) is 0.500. The summed E-state index contributed by atoms with van der Waals surface area (Å²) in [4.78, 5) is 39.4. The molecule has 1 aliphatic rings. The number of nitrogens with one attached hydrogen (secondary N) is 2. The monoisotopic (exact) mass is 386 g/mol. The number of imidazole rings is 1. The first-order valence-electron chi connectivity index (χ1n) is 9.51. The fourth-order valence-corrected chi connectivity index (χ4v) is 3.81. The Morgan fingerprint density at radius 3 is 2.71 bits per heavy atom. The lowest BCUT2D eigenvalue weighted by molar-refractivity contribution is -0.137. The van der Waals surface area contributed by atoms with Crippen LogP contribution < -0.4 is 10.6 Å². The van der Waals surface area contributed by atoms with Crippen molar-refractivity contribution >= 4 is 23.4 Å². The molecule has 1 fully saturated rings. The van der Waals surface area contributed by atoms with E-state index in [4.69, 9.17) is 5.11 Å². The second kappa shape index (κ2) is 8.00. The fourth-order valence-electron chi connectivity index (χ4n) is 3.81. The number of carboxylic acids is 1. The topological polar surface area (TPSA) is 113 Å². The molecule has 0 bridgehead atoms. The predicted molar refractivity (Wildman–Crippen MR) is 103 cm³/mol. The third-order valence-corrected chi connectivity index (χ3v) is 5.31. The maximum absolute atomic E-state index is 12.3. The maximum Gasteiger partial charge on any atom is 0.303 e. The van der Waals surface area contributed by atoms with Crippen molar-refractivity contribution in [2.45, 2.75) is 64.5 Å². The summed E-state index contributed by atoms with van der Waals surface area (Å²) in [6.07, 6.45) is 3.83. The van der Waals surface area contributed by atoms with Gasteiger partial charge >= 0.3 is 5.97 Å². The second-order valence-electron chi connectivity index (χ2n) is 7.63. The van der Waals surface area contributed by atoms with E-state index in [1.165, 1.54) is 0 Å². The van der Waals surface area contributed by atoms with Crippen LogP contribution in [0.5, 0.6) is 0 Å². The molecule has 8 nitrogen and oxygen atoms in total. The zero-order valence-electron chi connectivity index (χ0n) is 16.2. The molecule has 28 heavy (non-hydrogen) atoms. The Morgan fingerprint density at radius 2 is 2.04 bits per heavy atom. The van der Waals surface area contributed by atoms with Crippen molar-refractivity contribution in [3.8, 4) is 0 Å². The number of hydrogen-bond acceptors (Lipinski definition) is 4. The third kappa shape index (κ3) is 4.68. The molecule has 0 saturated carbocycles. The Morgan fingerprint density at radius 1 is 1.29 bits per heavy atom. The van der Waals surface area contributed by atoms with E-state index in [2.05, 4.69) is 21.7 Å². The predicted octanol–water partition coefficient (Wildman–Crippen LogP) is 1.86. The SMILES string of the molecule is Cc1cc(C)n2cc(CNC(=O)CCC3(CCC(=O)O)CCC(=O)N3)nc2c1. The summed E-state index contributed by atoms with van der Waals surface area (Å²) in [6.45, 7) is 4.36. The number of carboxylic acid groups (broad SMARTS) is 1.